The monoisotopic (exact) mass is 1570 g/mol. The summed E-state index contributed by atoms with van der Waals surface area (Å²) < 4.78 is 0. The minimum atomic E-state index is 0.523. The van der Waals surface area contributed by atoms with Crippen molar-refractivity contribution in [2.45, 2.75) is 26.2 Å². The SMILES string of the molecule is CCC(C)c1ccc2c(c1)-c1ccccc1-c1cccc3c1N2c1ccccc1-c1ccccc1-3.c1ccc(N(c2ccc(-c3ccc(N(c4ccccc4)c4cc5c6c(c4)-c4ccccc4-c4ccccc4N6c4ccccc4-c4ccccc4-5)cc3)cc2)c2cc3c4c(c2)-c2ccccc2-c2ccccc2N4c2ccccc2-c2ccccc2-3)cc1. The fourth-order valence-electron chi connectivity index (χ4n) is 20.5. The summed E-state index contributed by atoms with van der Waals surface area (Å²) in [6.07, 6.45) is 1.13. The fraction of sp³-hybridized carbons (Fsp3) is 0.0339. The third kappa shape index (κ3) is 11.4. The van der Waals surface area contributed by atoms with Gasteiger partial charge in [-0.15, -0.1) is 0 Å². The molecule has 0 saturated heterocycles. The first-order chi connectivity index (χ1) is 61.0. The van der Waals surface area contributed by atoms with Crippen LogP contribution in [0.3, 0.4) is 0 Å². The van der Waals surface area contributed by atoms with Gasteiger partial charge in [0.25, 0.3) is 0 Å². The summed E-state index contributed by atoms with van der Waals surface area (Å²) in [5.41, 5.74) is 50.5. The Kier molecular flexibility index (Phi) is 16.8. The summed E-state index contributed by atoms with van der Waals surface area (Å²) >= 11 is 0. The van der Waals surface area contributed by atoms with Crippen LogP contribution in [0.2, 0.25) is 0 Å². The Balaban J connectivity index is 0.000000202. The molecule has 0 N–H and O–H groups in total. The molecule has 0 aliphatic carbocycles. The van der Waals surface area contributed by atoms with Crippen molar-refractivity contribution in [2.24, 2.45) is 0 Å². The van der Waals surface area contributed by atoms with Crippen LogP contribution in [0.1, 0.15) is 31.7 Å². The molecule has 6 aliphatic heterocycles. The third-order valence-electron chi connectivity index (χ3n) is 26.2. The molecule has 0 amide bonds. The zero-order chi connectivity index (χ0) is 81.3. The van der Waals surface area contributed by atoms with Crippen molar-refractivity contribution < 1.29 is 0 Å². The van der Waals surface area contributed by atoms with Gasteiger partial charge in [0, 0.05) is 101 Å². The number of anilines is 15. The molecule has 0 spiro atoms. The Morgan fingerprint density at radius 3 is 0.691 bits per heavy atom. The van der Waals surface area contributed by atoms with Gasteiger partial charge in [0.05, 0.1) is 51.2 Å². The molecular weight excluding hydrogens is 1490 g/mol. The van der Waals surface area contributed by atoms with Crippen LogP contribution in [0, 0.1) is 0 Å². The van der Waals surface area contributed by atoms with E-state index in [0.717, 1.165) is 51.7 Å². The molecule has 123 heavy (non-hydrogen) atoms. The van der Waals surface area contributed by atoms with E-state index >= 15 is 0 Å². The van der Waals surface area contributed by atoms with Crippen molar-refractivity contribution in [1.29, 1.82) is 0 Å². The van der Waals surface area contributed by atoms with Gasteiger partial charge in [-0.05, 0) is 211 Å². The van der Waals surface area contributed by atoms with Crippen LogP contribution in [-0.4, -0.2) is 0 Å². The van der Waals surface area contributed by atoms with Crippen LogP contribution in [0.25, 0.3) is 145 Å². The van der Waals surface area contributed by atoms with E-state index in [0.29, 0.717) is 5.92 Å². The van der Waals surface area contributed by atoms with Crippen LogP contribution in [0.4, 0.5) is 85.3 Å². The lowest BCUT2D eigenvalue weighted by atomic mass is 9.89. The second-order valence-corrected chi connectivity index (χ2v) is 32.9. The third-order valence-corrected chi connectivity index (χ3v) is 26.2. The van der Waals surface area contributed by atoms with Crippen LogP contribution >= 0.6 is 0 Å². The average Bonchev–Trinajstić information content (AvgIpc) is 1.56. The number of rotatable bonds is 9. The molecule has 1 unspecified atom stereocenters. The van der Waals surface area contributed by atoms with Gasteiger partial charge in [-0.3, -0.25) is 0 Å². The molecule has 6 aliphatic rings. The highest BCUT2D eigenvalue weighted by Crippen LogP contribution is 2.64. The molecule has 0 bridgehead atoms. The molecule has 5 heteroatoms. The minimum Gasteiger partial charge on any atom is -0.310 e. The molecule has 25 rings (SSSR count). The second kappa shape index (κ2) is 29.0. The van der Waals surface area contributed by atoms with Crippen molar-refractivity contribution in [3.8, 4) is 145 Å². The van der Waals surface area contributed by atoms with Crippen molar-refractivity contribution in [1.82, 2.24) is 0 Å². The van der Waals surface area contributed by atoms with Crippen LogP contribution < -0.4 is 24.5 Å². The highest BCUT2D eigenvalue weighted by atomic mass is 15.2. The number of benzene rings is 19. The highest BCUT2D eigenvalue weighted by Gasteiger charge is 2.39. The first-order valence-electron chi connectivity index (χ1n) is 42.9. The van der Waals surface area contributed by atoms with Crippen molar-refractivity contribution in [3.05, 3.63) is 442 Å². The van der Waals surface area contributed by atoms with Gasteiger partial charge in [-0.1, -0.05) is 335 Å². The van der Waals surface area contributed by atoms with E-state index in [9.17, 15) is 0 Å². The summed E-state index contributed by atoms with van der Waals surface area (Å²) in [6.45, 7) is 4.60. The maximum absolute atomic E-state index is 2.53. The van der Waals surface area contributed by atoms with E-state index in [4.69, 9.17) is 0 Å². The van der Waals surface area contributed by atoms with Gasteiger partial charge in [0.1, 0.15) is 0 Å². The lowest BCUT2D eigenvalue weighted by molar-refractivity contribution is 0.734. The van der Waals surface area contributed by atoms with Gasteiger partial charge in [-0.2, -0.15) is 0 Å². The van der Waals surface area contributed by atoms with E-state index in [-0.39, 0.29) is 0 Å². The molecule has 19 aromatic carbocycles. The first kappa shape index (κ1) is 71.3. The van der Waals surface area contributed by atoms with E-state index in [2.05, 4.69) is 475 Å². The van der Waals surface area contributed by atoms with E-state index in [1.807, 2.05) is 0 Å². The zero-order valence-electron chi connectivity index (χ0n) is 68.1. The smallest absolute Gasteiger partial charge is 0.0620 e. The van der Waals surface area contributed by atoms with Gasteiger partial charge < -0.3 is 24.5 Å². The largest absolute Gasteiger partial charge is 0.310 e. The van der Waals surface area contributed by atoms with Gasteiger partial charge in [-0.25, -0.2) is 0 Å². The Labute approximate surface area is 718 Å². The first-order valence-corrected chi connectivity index (χ1v) is 42.9. The number of nitrogens with zero attached hydrogens (tertiary/aromatic N) is 5. The minimum absolute atomic E-state index is 0.523. The number of fused-ring (bicyclic) bond motifs is 30. The molecule has 1 atom stereocenters. The Morgan fingerprint density at radius 2 is 0.398 bits per heavy atom. The molecular formula is C118H81N5. The average molecular weight is 1570 g/mol. The summed E-state index contributed by atoms with van der Waals surface area (Å²) in [5, 5.41) is 0. The summed E-state index contributed by atoms with van der Waals surface area (Å²) in [4.78, 5) is 12.4. The van der Waals surface area contributed by atoms with Gasteiger partial charge in [0.15, 0.2) is 0 Å². The Hall–Kier alpha value is -15.8. The molecule has 0 saturated carbocycles. The molecule has 0 aromatic heterocycles. The standard InChI is InChI=1S/C84H54N4.C34H27N/c1-3-23-57(24-4-1)85(61-51-75-67-31-11-7-27-63(67)71-35-15-19-39-79(71)87-80-40-20-16-36-72(80)64-28-8-12-32-68(64)76(52-61)83(75)87)59-47-43-55(44-48-59)56-45-49-60(50-46-56)86(58-25-5-2-6-26-58)62-53-77-69-33-13-9-29-65(69)73-37-17-21-41-81(73)88-82-42-22-18-38-74(82)66-30-10-14-34-70(66)78(54-62)84(77)88;1-3-22(2)23-19-20-33-31(21-23)27-14-7-6-13-26(27)30-17-10-16-29-25-12-5-4-11-24(25)28-15-8-9-18-32(28)35(33)34(29)30/h1-54H;4-22H,3H2,1-2H3. The van der Waals surface area contributed by atoms with Crippen LogP contribution in [-0.2, 0) is 0 Å². The van der Waals surface area contributed by atoms with Crippen LogP contribution in [0.15, 0.2) is 437 Å². The van der Waals surface area contributed by atoms with Crippen molar-refractivity contribution in [3.63, 3.8) is 0 Å². The maximum atomic E-state index is 2.53. The van der Waals surface area contributed by atoms with Gasteiger partial charge >= 0.3 is 0 Å². The van der Waals surface area contributed by atoms with Crippen LogP contribution in [0.5, 0.6) is 0 Å². The van der Waals surface area contributed by atoms with E-state index in [1.54, 1.807) is 0 Å². The topological polar surface area (TPSA) is 16.2 Å². The predicted octanol–water partition coefficient (Wildman–Crippen LogP) is 33.8. The Morgan fingerprint density at radius 1 is 0.179 bits per heavy atom. The lowest BCUT2D eigenvalue weighted by Gasteiger charge is -2.31. The van der Waals surface area contributed by atoms with E-state index < -0.39 is 0 Å². The number of hydrogen-bond donors (Lipinski definition) is 0. The molecule has 6 heterocycles. The zero-order valence-corrected chi connectivity index (χ0v) is 68.1. The summed E-state index contributed by atoms with van der Waals surface area (Å²) in [6, 6.07) is 162. The number of hydrogen-bond acceptors (Lipinski definition) is 5. The number of para-hydroxylation sites is 8. The van der Waals surface area contributed by atoms with Gasteiger partial charge in [0.2, 0.25) is 0 Å². The fourth-order valence-corrected chi connectivity index (χ4v) is 20.5. The second-order valence-electron chi connectivity index (χ2n) is 32.9. The molecule has 5 nitrogen and oxygen atoms in total. The Bertz CT molecular complexity index is 6920. The predicted molar refractivity (Wildman–Crippen MR) is 517 cm³/mol. The van der Waals surface area contributed by atoms with Crippen molar-refractivity contribution in [2.75, 3.05) is 24.5 Å². The summed E-state index contributed by atoms with van der Waals surface area (Å²) in [5.74, 6) is 0.523. The summed E-state index contributed by atoms with van der Waals surface area (Å²) in [7, 11) is 0. The molecule has 0 fully saturated rings. The molecule has 578 valence electrons. The molecule has 0 radical (unpaired) electrons. The van der Waals surface area contributed by atoms with Crippen molar-refractivity contribution >= 4 is 85.3 Å². The normalized spacial score (nSPS) is 12.6. The van der Waals surface area contributed by atoms with E-state index in [1.165, 1.54) is 190 Å². The lowest BCUT2D eigenvalue weighted by Crippen LogP contribution is -2.14. The highest BCUT2D eigenvalue weighted by molar-refractivity contribution is 6.17. The molecule has 19 aromatic rings. The maximum Gasteiger partial charge on any atom is 0.0620 e. The quantitative estimate of drug-likeness (QED) is 0.143.